The van der Waals surface area contributed by atoms with Crippen LogP contribution in [0.2, 0.25) is 0 Å². The fourth-order valence-electron chi connectivity index (χ4n) is 1.33. The van der Waals surface area contributed by atoms with E-state index in [4.69, 9.17) is 0 Å². The number of carbonyl (C=O) groups is 1. The zero-order chi connectivity index (χ0) is 12.8. The van der Waals surface area contributed by atoms with Gasteiger partial charge in [0.05, 0.1) is 6.54 Å². The van der Waals surface area contributed by atoms with Crippen molar-refractivity contribution in [3.63, 3.8) is 0 Å². The molecule has 0 aliphatic carbocycles. The number of aromatic nitrogens is 3. The zero-order valence-electron chi connectivity index (χ0n) is 9.88. The minimum Gasteiger partial charge on any atom is -0.304 e. The molecule has 6 nitrogen and oxygen atoms in total. The third-order valence-corrected chi connectivity index (χ3v) is 2.89. The second-order valence-corrected chi connectivity index (χ2v) is 4.82. The maximum atomic E-state index is 11.6. The molecule has 7 heteroatoms. The van der Waals surface area contributed by atoms with Crippen LogP contribution in [-0.4, -0.2) is 27.6 Å². The number of hydrogen-bond acceptors (Lipinski definition) is 6. The Morgan fingerprint density at radius 1 is 1.33 bits per heavy atom. The molecule has 0 radical (unpaired) electrons. The van der Waals surface area contributed by atoms with Crippen LogP contribution in [0.1, 0.15) is 10.6 Å². The van der Waals surface area contributed by atoms with Crippen molar-refractivity contribution in [3.05, 3.63) is 35.1 Å². The number of amides is 1. The first-order valence-electron chi connectivity index (χ1n) is 5.43. The molecule has 2 rings (SSSR count). The topological polar surface area (TPSA) is 79.8 Å². The number of rotatable bonds is 5. The van der Waals surface area contributed by atoms with E-state index in [2.05, 4.69) is 25.8 Å². The lowest BCUT2D eigenvalue weighted by atomic mass is 10.3. The highest BCUT2D eigenvalue weighted by molar-refractivity contribution is 7.15. The lowest BCUT2D eigenvalue weighted by molar-refractivity contribution is -0.115. The minimum absolute atomic E-state index is 0.125. The molecule has 94 valence electrons. The van der Waals surface area contributed by atoms with Gasteiger partial charge in [0.15, 0.2) is 0 Å². The number of nitrogens with one attached hydrogen (secondary N) is 2. The average Bonchev–Trinajstić information content (AvgIpc) is 2.76. The second kappa shape index (κ2) is 6.18. The van der Waals surface area contributed by atoms with E-state index in [-0.39, 0.29) is 12.5 Å². The van der Waals surface area contributed by atoms with Gasteiger partial charge < -0.3 is 5.32 Å². The highest BCUT2D eigenvalue weighted by atomic mass is 32.1. The SMILES string of the molecule is Cc1nnc(NC(=O)CNCc2ccncc2)s1. The van der Waals surface area contributed by atoms with Gasteiger partial charge in [0, 0.05) is 18.9 Å². The molecule has 0 aliphatic heterocycles. The van der Waals surface area contributed by atoms with Crippen molar-refractivity contribution in [1.82, 2.24) is 20.5 Å². The van der Waals surface area contributed by atoms with Gasteiger partial charge in [-0.05, 0) is 24.6 Å². The molecular weight excluding hydrogens is 250 g/mol. The van der Waals surface area contributed by atoms with Crippen molar-refractivity contribution in [2.75, 3.05) is 11.9 Å². The van der Waals surface area contributed by atoms with Crippen LogP contribution in [0.4, 0.5) is 5.13 Å². The number of aryl methyl sites for hydroxylation is 1. The first-order valence-corrected chi connectivity index (χ1v) is 6.25. The largest absolute Gasteiger partial charge is 0.304 e. The Balaban J connectivity index is 1.72. The number of anilines is 1. The Labute approximate surface area is 108 Å². The van der Waals surface area contributed by atoms with Crippen LogP contribution in [0, 0.1) is 6.92 Å². The summed E-state index contributed by atoms with van der Waals surface area (Å²) in [7, 11) is 0. The third kappa shape index (κ3) is 3.86. The van der Waals surface area contributed by atoms with E-state index in [1.54, 1.807) is 12.4 Å². The van der Waals surface area contributed by atoms with E-state index in [9.17, 15) is 4.79 Å². The first-order chi connectivity index (χ1) is 8.74. The van der Waals surface area contributed by atoms with Gasteiger partial charge in [-0.1, -0.05) is 11.3 Å². The van der Waals surface area contributed by atoms with E-state index in [0.29, 0.717) is 11.7 Å². The summed E-state index contributed by atoms with van der Waals surface area (Å²) >= 11 is 1.36. The summed E-state index contributed by atoms with van der Waals surface area (Å²) in [5.74, 6) is -0.125. The number of hydrogen-bond donors (Lipinski definition) is 2. The van der Waals surface area contributed by atoms with Gasteiger partial charge in [0.25, 0.3) is 0 Å². The summed E-state index contributed by atoms with van der Waals surface area (Å²) < 4.78 is 0. The Kier molecular flexibility index (Phi) is 4.32. The molecular formula is C11H13N5OS. The van der Waals surface area contributed by atoms with E-state index in [1.165, 1.54) is 11.3 Å². The van der Waals surface area contributed by atoms with Crippen molar-refractivity contribution >= 4 is 22.4 Å². The van der Waals surface area contributed by atoms with Crippen LogP contribution in [0.5, 0.6) is 0 Å². The molecule has 0 saturated heterocycles. The summed E-state index contributed by atoms with van der Waals surface area (Å²) in [5.41, 5.74) is 1.09. The molecule has 0 bridgehead atoms. The second-order valence-electron chi connectivity index (χ2n) is 3.63. The standard InChI is InChI=1S/C11H13N5OS/c1-8-15-16-11(18-8)14-10(17)7-13-6-9-2-4-12-5-3-9/h2-5,13H,6-7H2,1H3,(H,14,16,17). The maximum absolute atomic E-state index is 11.6. The molecule has 2 aromatic rings. The Bertz CT molecular complexity index is 513. The van der Waals surface area contributed by atoms with Crippen molar-refractivity contribution in [3.8, 4) is 0 Å². The fraction of sp³-hybridized carbons (Fsp3) is 0.273. The van der Waals surface area contributed by atoms with Crippen LogP contribution in [-0.2, 0) is 11.3 Å². The number of nitrogens with zero attached hydrogens (tertiary/aromatic N) is 3. The highest BCUT2D eigenvalue weighted by Crippen LogP contribution is 2.12. The van der Waals surface area contributed by atoms with Gasteiger partial charge in [-0.3, -0.25) is 15.1 Å². The number of carbonyl (C=O) groups excluding carboxylic acids is 1. The molecule has 2 N–H and O–H groups in total. The molecule has 0 spiro atoms. The molecule has 0 atom stereocenters. The van der Waals surface area contributed by atoms with Crippen molar-refractivity contribution in [2.24, 2.45) is 0 Å². The Morgan fingerprint density at radius 2 is 2.11 bits per heavy atom. The van der Waals surface area contributed by atoms with Crippen LogP contribution in [0.3, 0.4) is 0 Å². The highest BCUT2D eigenvalue weighted by Gasteiger charge is 2.05. The van der Waals surface area contributed by atoms with E-state index in [0.717, 1.165) is 10.6 Å². The van der Waals surface area contributed by atoms with Gasteiger partial charge in [0.1, 0.15) is 5.01 Å². The van der Waals surface area contributed by atoms with Gasteiger partial charge in [-0.25, -0.2) is 0 Å². The quantitative estimate of drug-likeness (QED) is 0.840. The van der Waals surface area contributed by atoms with Crippen molar-refractivity contribution in [1.29, 1.82) is 0 Å². The van der Waals surface area contributed by atoms with Crippen LogP contribution in [0.25, 0.3) is 0 Å². The van der Waals surface area contributed by atoms with Crippen molar-refractivity contribution < 1.29 is 4.79 Å². The predicted molar refractivity (Wildman–Crippen MR) is 69.2 cm³/mol. The molecule has 1 amide bonds. The molecule has 0 saturated carbocycles. The van der Waals surface area contributed by atoms with Crippen LogP contribution < -0.4 is 10.6 Å². The summed E-state index contributed by atoms with van der Waals surface area (Å²) in [6.45, 7) is 2.71. The first kappa shape index (κ1) is 12.6. The smallest absolute Gasteiger partial charge is 0.240 e. The van der Waals surface area contributed by atoms with E-state index < -0.39 is 0 Å². The predicted octanol–water partition coefficient (Wildman–Crippen LogP) is 0.970. The van der Waals surface area contributed by atoms with E-state index >= 15 is 0 Å². The average molecular weight is 263 g/mol. The summed E-state index contributed by atoms with van der Waals surface area (Å²) in [6, 6.07) is 3.80. The third-order valence-electron chi connectivity index (χ3n) is 2.14. The van der Waals surface area contributed by atoms with Gasteiger partial charge in [-0.15, -0.1) is 10.2 Å². The molecule has 18 heavy (non-hydrogen) atoms. The number of pyridine rings is 1. The monoisotopic (exact) mass is 263 g/mol. The van der Waals surface area contributed by atoms with Crippen LogP contribution >= 0.6 is 11.3 Å². The molecule has 0 aromatic carbocycles. The van der Waals surface area contributed by atoms with Crippen molar-refractivity contribution in [2.45, 2.75) is 13.5 Å². The van der Waals surface area contributed by atoms with Gasteiger partial charge in [-0.2, -0.15) is 0 Å². The molecule has 0 aliphatic rings. The fourth-order valence-corrected chi connectivity index (χ4v) is 1.94. The molecule has 0 unspecified atom stereocenters. The van der Waals surface area contributed by atoms with E-state index in [1.807, 2.05) is 19.1 Å². The lowest BCUT2D eigenvalue weighted by Gasteiger charge is -2.04. The summed E-state index contributed by atoms with van der Waals surface area (Å²) in [4.78, 5) is 15.5. The summed E-state index contributed by atoms with van der Waals surface area (Å²) in [5, 5.41) is 14.7. The lowest BCUT2D eigenvalue weighted by Crippen LogP contribution is -2.27. The summed E-state index contributed by atoms with van der Waals surface area (Å²) in [6.07, 6.45) is 3.45. The van der Waals surface area contributed by atoms with Gasteiger partial charge in [0.2, 0.25) is 11.0 Å². The molecule has 2 heterocycles. The Hall–Kier alpha value is -1.86. The van der Waals surface area contributed by atoms with Crippen LogP contribution in [0.15, 0.2) is 24.5 Å². The zero-order valence-corrected chi connectivity index (χ0v) is 10.7. The maximum Gasteiger partial charge on any atom is 0.240 e. The van der Waals surface area contributed by atoms with Gasteiger partial charge >= 0.3 is 0 Å². The minimum atomic E-state index is -0.125. The normalized spacial score (nSPS) is 10.3. The molecule has 0 fully saturated rings. The Morgan fingerprint density at radius 3 is 2.78 bits per heavy atom. The molecule has 2 aromatic heterocycles.